The largest absolute Gasteiger partial charge is 0.478 e. The van der Waals surface area contributed by atoms with Gasteiger partial charge in [-0.3, -0.25) is 0 Å². The normalized spacial score (nSPS) is 12.4. The van der Waals surface area contributed by atoms with Crippen molar-refractivity contribution in [2.75, 3.05) is 0 Å². The molecule has 4 heteroatoms. The molecule has 0 spiro atoms. The van der Waals surface area contributed by atoms with Gasteiger partial charge in [0.05, 0.1) is 5.57 Å². The molecule has 0 aliphatic carbocycles. The van der Waals surface area contributed by atoms with Gasteiger partial charge in [-0.1, -0.05) is 18.7 Å². The van der Waals surface area contributed by atoms with E-state index >= 15 is 0 Å². The Morgan fingerprint density at radius 2 is 2.17 bits per heavy atom. The number of nitrogens with zero attached hydrogens (tertiary/aromatic N) is 1. The predicted octanol–water partition coefficient (Wildman–Crippen LogP) is 1.85. The zero-order chi connectivity index (χ0) is 9.56. The molecule has 0 aliphatic heterocycles. The minimum atomic E-state index is -1.15. The van der Waals surface area contributed by atoms with Crippen molar-refractivity contribution in [3.05, 3.63) is 41.0 Å². The van der Waals surface area contributed by atoms with Crippen LogP contribution in [0.25, 0.3) is 0 Å². The summed E-state index contributed by atoms with van der Waals surface area (Å²) in [5.74, 6) is -1.15. The van der Waals surface area contributed by atoms with Gasteiger partial charge in [-0.15, -0.1) is 4.91 Å². The topological polar surface area (TPSA) is 66.7 Å². The number of aliphatic carboxylic acids is 1. The van der Waals surface area contributed by atoms with Crippen molar-refractivity contribution in [3.63, 3.8) is 0 Å². The number of allylic oxidation sites excluding steroid dienone is 3. The Balaban J connectivity index is 4.85. The van der Waals surface area contributed by atoms with Gasteiger partial charge in [0.15, 0.2) is 0 Å². The average molecular weight is 167 g/mol. The molecular formula is C8H9NO3. The van der Waals surface area contributed by atoms with Crippen LogP contribution < -0.4 is 0 Å². The summed E-state index contributed by atoms with van der Waals surface area (Å²) in [7, 11) is 0. The summed E-state index contributed by atoms with van der Waals surface area (Å²) < 4.78 is 0. The van der Waals surface area contributed by atoms with E-state index in [1.807, 2.05) is 0 Å². The van der Waals surface area contributed by atoms with Gasteiger partial charge in [0.25, 0.3) is 0 Å². The van der Waals surface area contributed by atoms with Crippen molar-refractivity contribution in [2.24, 2.45) is 5.18 Å². The highest BCUT2D eigenvalue weighted by Crippen LogP contribution is 2.07. The maximum absolute atomic E-state index is 10.3. The predicted molar refractivity (Wildman–Crippen MR) is 45.5 cm³/mol. The van der Waals surface area contributed by atoms with Gasteiger partial charge in [0.1, 0.15) is 5.70 Å². The molecular weight excluding hydrogens is 158 g/mol. The lowest BCUT2D eigenvalue weighted by molar-refractivity contribution is -0.132. The number of hydrogen-bond acceptors (Lipinski definition) is 3. The zero-order valence-corrected chi connectivity index (χ0v) is 6.65. The van der Waals surface area contributed by atoms with E-state index in [-0.39, 0.29) is 11.3 Å². The van der Waals surface area contributed by atoms with Crippen LogP contribution in [0.15, 0.2) is 41.3 Å². The van der Waals surface area contributed by atoms with Gasteiger partial charge in [-0.2, -0.15) is 0 Å². The second kappa shape index (κ2) is 5.01. The molecule has 64 valence electrons. The molecule has 0 aromatic heterocycles. The van der Waals surface area contributed by atoms with Gasteiger partial charge < -0.3 is 5.11 Å². The summed E-state index contributed by atoms with van der Waals surface area (Å²) in [5.41, 5.74) is -0.175. The van der Waals surface area contributed by atoms with Gasteiger partial charge in [0, 0.05) is 0 Å². The van der Waals surface area contributed by atoms with E-state index in [0.29, 0.717) is 0 Å². The third-order valence-corrected chi connectivity index (χ3v) is 1.19. The van der Waals surface area contributed by atoms with Gasteiger partial charge in [-0.05, 0) is 18.2 Å². The van der Waals surface area contributed by atoms with Crippen LogP contribution in [0.2, 0.25) is 0 Å². The lowest BCUT2D eigenvalue weighted by Gasteiger charge is -1.92. The molecule has 0 aromatic rings. The molecule has 0 rings (SSSR count). The van der Waals surface area contributed by atoms with Crippen LogP contribution in [-0.4, -0.2) is 11.1 Å². The van der Waals surface area contributed by atoms with E-state index in [0.717, 1.165) is 0 Å². The van der Waals surface area contributed by atoms with E-state index in [2.05, 4.69) is 11.8 Å². The van der Waals surface area contributed by atoms with Gasteiger partial charge in [0.2, 0.25) is 0 Å². The summed E-state index contributed by atoms with van der Waals surface area (Å²) >= 11 is 0. The monoisotopic (exact) mass is 167 g/mol. The summed E-state index contributed by atoms with van der Waals surface area (Å²) in [5, 5.41) is 11.0. The highest BCUT2D eigenvalue weighted by atomic mass is 16.4. The molecule has 4 nitrogen and oxygen atoms in total. The Kier molecular flexibility index (Phi) is 4.30. The average Bonchev–Trinajstić information content (AvgIpc) is 2.05. The highest BCUT2D eigenvalue weighted by molar-refractivity contribution is 5.87. The van der Waals surface area contributed by atoms with Gasteiger partial charge in [-0.25, -0.2) is 4.79 Å². The van der Waals surface area contributed by atoms with E-state index in [4.69, 9.17) is 5.11 Å². The van der Waals surface area contributed by atoms with Crippen LogP contribution in [0.4, 0.5) is 0 Å². The van der Waals surface area contributed by atoms with Crippen LogP contribution in [0.1, 0.15) is 6.92 Å². The fraction of sp³-hybridized carbons (Fsp3) is 0.125. The number of carbonyl (C=O) groups is 1. The molecule has 0 aromatic carbocycles. The lowest BCUT2D eigenvalue weighted by Crippen LogP contribution is -1.98. The molecule has 0 aliphatic rings. The molecule has 0 unspecified atom stereocenters. The minimum Gasteiger partial charge on any atom is -0.478 e. The van der Waals surface area contributed by atoms with E-state index in [1.165, 1.54) is 25.2 Å². The standard InChI is InChI=1S/C8H9NO3/c1-3-4-5-7(9-12)6(2)8(10)11/h3-5H,1H2,2H3,(H,10,11)/b5-4-,7-6-. The molecule has 0 atom stereocenters. The zero-order valence-electron chi connectivity index (χ0n) is 6.65. The molecule has 0 amide bonds. The molecule has 12 heavy (non-hydrogen) atoms. The smallest absolute Gasteiger partial charge is 0.333 e. The van der Waals surface area contributed by atoms with E-state index in [9.17, 15) is 9.70 Å². The summed E-state index contributed by atoms with van der Waals surface area (Å²) in [6, 6.07) is 0. The Labute approximate surface area is 69.9 Å². The molecule has 0 heterocycles. The van der Waals surface area contributed by atoms with Crippen molar-refractivity contribution >= 4 is 5.97 Å². The van der Waals surface area contributed by atoms with Crippen molar-refractivity contribution in [2.45, 2.75) is 6.92 Å². The molecule has 0 bridgehead atoms. The van der Waals surface area contributed by atoms with Crippen molar-refractivity contribution in [1.29, 1.82) is 0 Å². The van der Waals surface area contributed by atoms with Gasteiger partial charge >= 0.3 is 5.97 Å². The Morgan fingerprint density at radius 1 is 1.58 bits per heavy atom. The molecule has 0 fully saturated rings. The fourth-order valence-electron chi connectivity index (χ4n) is 0.493. The first-order valence-corrected chi connectivity index (χ1v) is 3.20. The number of nitroso groups, excluding NO2 is 1. The number of rotatable bonds is 4. The maximum Gasteiger partial charge on any atom is 0.333 e. The SMILES string of the molecule is C=C/C=C\C(N=O)=C(/C)C(=O)O. The fourth-order valence-corrected chi connectivity index (χ4v) is 0.493. The van der Waals surface area contributed by atoms with Crippen LogP contribution in [-0.2, 0) is 4.79 Å². The first-order valence-electron chi connectivity index (χ1n) is 3.20. The number of carboxylic acid groups (broad SMARTS) is 1. The lowest BCUT2D eigenvalue weighted by atomic mass is 10.2. The van der Waals surface area contributed by atoms with E-state index in [1.54, 1.807) is 0 Å². The summed E-state index contributed by atoms with van der Waals surface area (Å²) in [4.78, 5) is 20.4. The minimum absolute atomic E-state index is 0.0805. The van der Waals surface area contributed by atoms with Crippen molar-refractivity contribution < 1.29 is 9.90 Å². The second-order valence-corrected chi connectivity index (χ2v) is 2.00. The molecule has 1 N–H and O–H groups in total. The summed E-state index contributed by atoms with van der Waals surface area (Å²) in [6.07, 6.45) is 4.17. The molecule has 0 saturated carbocycles. The molecule has 0 radical (unpaired) electrons. The molecule has 0 saturated heterocycles. The quantitative estimate of drug-likeness (QED) is 0.394. The van der Waals surface area contributed by atoms with Crippen molar-refractivity contribution in [3.8, 4) is 0 Å². The Hall–Kier alpha value is -1.71. The van der Waals surface area contributed by atoms with E-state index < -0.39 is 5.97 Å². The van der Waals surface area contributed by atoms with Crippen molar-refractivity contribution in [1.82, 2.24) is 0 Å². The first-order chi connectivity index (χ1) is 5.63. The third kappa shape index (κ3) is 2.92. The van der Waals surface area contributed by atoms with Crippen LogP contribution in [0.3, 0.4) is 0 Å². The second-order valence-electron chi connectivity index (χ2n) is 2.00. The Morgan fingerprint density at radius 3 is 2.50 bits per heavy atom. The Bertz CT molecular complexity index is 263. The number of hydrogen-bond donors (Lipinski definition) is 1. The van der Waals surface area contributed by atoms with Crippen LogP contribution in [0.5, 0.6) is 0 Å². The van der Waals surface area contributed by atoms with Crippen LogP contribution >= 0.6 is 0 Å². The summed E-state index contributed by atoms with van der Waals surface area (Å²) in [6.45, 7) is 4.68. The van der Waals surface area contributed by atoms with Crippen LogP contribution in [0, 0.1) is 4.91 Å². The number of carboxylic acids is 1. The first kappa shape index (κ1) is 10.3. The highest BCUT2D eigenvalue weighted by Gasteiger charge is 2.06. The third-order valence-electron chi connectivity index (χ3n) is 1.19. The maximum atomic E-state index is 10.3.